The Hall–Kier alpha value is -2.07. The van der Waals surface area contributed by atoms with Crippen molar-refractivity contribution in [2.45, 2.75) is 26.4 Å². The lowest BCUT2D eigenvalue weighted by molar-refractivity contribution is -0.116. The van der Waals surface area contributed by atoms with E-state index in [9.17, 15) is 4.79 Å². The molecule has 0 aliphatic rings. The number of anilines is 1. The van der Waals surface area contributed by atoms with Gasteiger partial charge in [-0.3, -0.25) is 4.79 Å². The van der Waals surface area contributed by atoms with Gasteiger partial charge in [0.1, 0.15) is 6.54 Å². The topological polar surface area (TPSA) is 60.0 Å². The summed E-state index contributed by atoms with van der Waals surface area (Å²) in [7, 11) is 0. The van der Waals surface area contributed by atoms with E-state index in [2.05, 4.69) is 5.32 Å². The highest BCUT2D eigenvalue weighted by Gasteiger charge is 2.07. The average Bonchev–Trinajstić information content (AvgIpc) is 2.80. The van der Waals surface area contributed by atoms with E-state index in [-0.39, 0.29) is 11.9 Å². The van der Waals surface area contributed by atoms with Gasteiger partial charge in [0.15, 0.2) is 0 Å². The van der Waals surface area contributed by atoms with Crippen LogP contribution in [0, 0.1) is 6.92 Å². The molecule has 2 rings (SSSR count). The van der Waals surface area contributed by atoms with E-state index < -0.39 is 0 Å². The summed E-state index contributed by atoms with van der Waals surface area (Å²) in [6.45, 7) is 4.19. The quantitative estimate of drug-likeness (QED) is 0.883. The van der Waals surface area contributed by atoms with Crippen LogP contribution in [0.2, 0.25) is 0 Å². The number of carbonyl (C=O) groups is 1. The Morgan fingerprint density at radius 1 is 1.37 bits per heavy atom. The van der Waals surface area contributed by atoms with Gasteiger partial charge in [-0.05, 0) is 37.1 Å². The average molecular weight is 257 g/mol. The minimum absolute atomic E-state index is 0.0133. The largest absolute Gasteiger partial charge is 0.345 e. The number of hydrogen-bond acceptors (Lipinski definition) is 2. The van der Waals surface area contributed by atoms with Crippen LogP contribution in [0.4, 0.5) is 5.69 Å². The summed E-state index contributed by atoms with van der Waals surface area (Å²) in [5.74, 6) is -0.0406. The number of benzene rings is 1. The number of nitrogens with one attached hydrogen (secondary N) is 1. The van der Waals surface area contributed by atoms with E-state index in [0.29, 0.717) is 6.54 Å². The number of carbonyl (C=O) groups excluding carboxylic acids is 1. The minimum atomic E-state index is -0.0406. The number of amides is 1. The Balaban J connectivity index is 1.99. The predicted octanol–water partition coefficient (Wildman–Crippen LogP) is 2.45. The van der Waals surface area contributed by atoms with Gasteiger partial charge in [0.05, 0.1) is 0 Å². The molecule has 0 aliphatic heterocycles. The molecule has 4 nitrogen and oxygen atoms in total. The minimum Gasteiger partial charge on any atom is -0.345 e. The molecule has 1 unspecified atom stereocenters. The zero-order valence-corrected chi connectivity index (χ0v) is 11.3. The second-order valence-corrected chi connectivity index (χ2v) is 4.77. The van der Waals surface area contributed by atoms with Gasteiger partial charge in [0.2, 0.25) is 5.91 Å². The van der Waals surface area contributed by atoms with Gasteiger partial charge in [-0.25, -0.2) is 0 Å². The molecule has 0 aliphatic carbocycles. The molecule has 0 fully saturated rings. The van der Waals surface area contributed by atoms with Crippen molar-refractivity contribution < 1.29 is 4.79 Å². The molecule has 2 aromatic rings. The van der Waals surface area contributed by atoms with Crippen LogP contribution in [0.3, 0.4) is 0 Å². The first-order valence-electron chi connectivity index (χ1n) is 6.33. The molecule has 1 aromatic heterocycles. The molecule has 4 heteroatoms. The van der Waals surface area contributed by atoms with E-state index in [4.69, 9.17) is 5.73 Å². The summed E-state index contributed by atoms with van der Waals surface area (Å²) in [5.41, 5.74) is 8.73. The summed E-state index contributed by atoms with van der Waals surface area (Å²) in [6, 6.07) is 9.65. The van der Waals surface area contributed by atoms with Crippen molar-refractivity contribution in [3.05, 3.63) is 53.9 Å². The molecule has 1 aromatic carbocycles. The van der Waals surface area contributed by atoms with E-state index in [0.717, 1.165) is 16.8 Å². The standard InChI is InChI=1S/C15H19N3O/c1-11-5-3-4-6-14(11)17-15(19)10-18-8-7-13(9-18)12(2)16/h3-9,12H,10,16H2,1-2H3,(H,17,19). The highest BCUT2D eigenvalue weighted by molar-refractivity contribution is 5.91. The molecule has 3 N–H and O–H groups in total. The number of para-hydroxylation sites is 1. The smallest absolute Gasteiger partial charge is 0.244 e. The van der Waals surface area contributed by atoms with E-state index >= 15 is 0 Å². The maximum atomic E-state index is 12.0. The zero-order valence-electron chi connectivity index (χ0n) is 11.3. The lowest BCUT2D eigenvalue weighted by Gasteiger charge is -2.08. The Kier molecular flexibility index (Phi) is 4.02. The molecule has 19 heavy (non-hydrogen) atoms. The summed E-state index contributed by atoms with van der Waals surface area (Å²) in [4.78, 5) is 12.0. The molecule has 1 amide bonds. The fourth-order valence-electron chi connectivity index (χ4n) is 1.90. The van der Waals surface area contributed by atoms with Crippen molar-refractivity contribution in [3.8, 4) is 0 Å². The number of aromatic nitrogens is 1. The molecule has 100 valence electrons. The molecular formula is C15H19N3O. The van der Waals surface area contributed by atoms with Crippen LogP contribution in [0.1, 0.15) is 24.1 Å². The summed E-state index contributed by atoms with van der Waals surface area (Å²) in [6.07, 6.45) is 3.78. The lowest BCUT2D eigenvalue weighted by atomic mass is 10.2. The van der Waals surface area contributed by atoms with E-state index in [1.165, 1.54) is 0 Å². The normalized spacial score (nSPS) is 12.2. The summed E-state index contributed by atoms with van der Waals surface area (Å²) in [5, 5.41) is 2.91. The SMILES string of the molecule is Cc1ccccc1NC(=O)Cn1ccc(C(C)N)c1. The molecule has 0 saturated carbocycles. The van der Waals surface area contributed by atoms with Gasteiger partial charge in [-0.2, -0.15) is 0 Å². The van der Waals surface area contributed by atoms with Gasteiger partial charge < -0.3 is 15.6 Å². The van der Waals surface area contributed by atoms with Gasteiger partial charge in [0.25, 0.3) is 0 Å². The van der Waals surface area contributed by atoms with E-state index in [1.54, 1.807) is 0 Å². The van der Waals surface area contributed by atoms with Gasteiger partial charge in [-0.1, -0.05) is 18.2 Å². The molecule has 0 spiro atoms. The number of aryl methyl sites for hydroxylation is 1. The number of rotatable bonds is 4. The van der Waals surface area contributed by atoms with Gasteiger partial charge >= 0.3 is 0 Å². The second-order valence-electron chi connectivity index (χ2n) is 4.77. The molecule has 1 heterocycles. The maximum Gasteiger partial charge on any atom is 0.244 e. The first-order chi connectivity index (χ1) is 9.06. The highest BCUT2D eigenvalue weighted by Crippen LogP contribution is 2.14. The van der Waals surface area contributed by atoms with Gasteiger partial charge in [0, 0.05) is 24.1 Å². The monoisotopic (exact) mass is 257 g/mol. The van der Waals surface area contributed by atoms with Crippen LogP contribution in [0.25, 0.3) is 0 Å². The third kappa shape index (κ3) is 3.45. The fraction of sp³-hybridized carbons (Fsp3) is 0.267. The van der Waals surface area contributed by atoms with Crippen LogP contribution in [0.5, 0.6) is 0 Å². The first-order valence-corrected chi connectivity index (χ1v) is 6.33. The number of hydrogen-bond donors (Lipinski definition) is 2. The van der Waals surface area contributed by atoms with Crippen molar-refractivity contribution in [1.82, 2.24) is 4.57 Å². The molecule has 1 atom stereocenters. The lowest BCUT2D eigenvalue weighted by Crippen LogP contribution is -2.18. The first kappa shape index (κ1) is 13.4. The Labute approximate surface area is 113 Å². The van der Waals surface area contributed by atoms with Crippen molar-refractivity contribution in [3.63, 3.8) is 0 Å². The Morgan fingerprint density at radius 3 is 2.74 bits per heavy atom. The van der Waals surface area contributed by atoms with Gasteiger partial charge in [-0.15, -0.1) is 0 Å². The fourth-order valence-corrected chi connectivity index (χ4v) is 1.90. The van der Waals surface area contributed by atoms with Crippen LogP contribution in [-0.2, 0) is 11.3 Å². The Morgan fingerprint density at radius 2 is 2.11 bits per heavy atom. The third-order valence-electron chi connectivity index (χ3n) is 3.04. The predicted molar refractivity (Wildman–Crippen MR) is 76.8 cm³/mol. The van der Waals surface area contributed by atoms with Crippen molar-refractivity contribution >= 4 is 11.6 Å². The van der Waals surface area contributed by atoms with Crippen LogP contribution in [0.15, 0.2) is 42.7 Å². The maximum absolute atomic E-state index is 12.0. The summed E-state index contributed by atoms with van der Waals surface area (Å²) >= 11 is 0. The van der Waals surface area contributed by atoms with Crippen molar-refractivity contribution in [2.24, 2.45) is 5.73 Å². The van der Waals surface area contributed by atoms with Crippen LogP contribution < -0.4 is 11.1 Å². The van der Waals surface area contributed by atoms with Crippen LogP contribution in [-0.4, -0.2) is 10.5 Å². The van der Waals surface area contributed by atoms with E-state index in [1.807, 2.05) is 61.1 Å². The molecule has 0 bridgehead atoms. The zero-order chi connectivity index (χ0) is 13.8. The van der Waals surface area contributed by atoms with Crippen LogP contribution >= 0.6 is 0 Å². The molecule has 0 saturated heterocycles. The molecular weight excluding hydrogens is 238 g/mol. The number of nitrogens with zero attached hydrogens (tertiary/aromatic N) is 1. The highest BCUT2D eigenvalue weighted by atomic mass is 16.1. The number of nitrogens with two attached hydrogens (primary N) is 1. The summed E-state index contributed by atoms with van der Waals surface area (Å²) < 4.78 is 1.84. The molecule has 0 radical (unpaired) electrons. The Bertz CT molecular complexity index is 572. The van der Waals surface area contributed by atoms with Crippen molar-refractivity contribution in [2.75, 3.05) is 5.32 Å². The third-order valence-corrected chi connectivity index (χ3v) is 3.04. The second kappa shape index (κ2) is 5.71. The van der Waals surface area contributed by atoms with Crippen molar-refractivity contribution in [1.29, 1.82) is 0 Å².